The molecule has 1 fully saturated rings. The van der Waals surface area contributed by atoms with E-state index >= 15 is 0 Å². The second-order valence-electron chi connectivity index (χ2n) is 2.82. The molecule has 1 aliphatic carbocycles. The summed E-state index contributed by atoms with van der Waals surface area (Å²) < 4.78 is 0. The molecule has 48 valence electrons. The van der Waals surface area contributed by atoms with Gasteiger partial charge in [0.15, 0.2) is 0 Å². The van der Waals surface area contributed by atoms with Crippen molar-refractivity contribution in [3.05, 3.63) is 11.1 Å². The molecule has 0 amide bonds. The molecule has 0 unspecified atom stereocenters. The van der Waals surface area contributed by atoms with Gasteiger partial charge in [-0.25, -0.2) is 0 Å². The van der Waals surface area contributed by atoms with Crippen molar-refractivity contribution in [3.8, 4) is 12.3 Å². The highest BCUT2D eigenvalue weighted by atomic mass is 14.2. The Morgan fingerprint density at radius 1 is 1.56 bits per heavy atom. The molecule has 0 radical (unpaired) electrons. The number of hydrogen-bond donors (Lipinski definition) is 0. The Morgan fingerprint density at radius 2 is 2.11 bits per heavy atom. The van der Waals surface area contributed by atoms with Gasteiger partial charge in [-0.05, 0) is 18.8 Å². The van der Waals surface area contributed by atoms with Crippen molar-refractivity contribution >= 4 is 0 Å². The quantitative estimate of drug-likeness (QED) is 0.466. The number of terminal acetylenes is 1. The highest BCUT2D eigenvalue weighted by molar-refractivity contribution is 5.38. The minimum atomic E-state index is 0.562. The lowest BCUT2D eigenvalue weighted by Crippen LogP contribution is -1.89. The molecule has 0 heterocycles. The zero-order chi connectivity index (χ0) is 6.85. The van der Waals surface area contributed by atoms with Gasteiger partial charge in [0.1, 0.15) is 0 Å². The molecule has 0 spiro atoms. The maximum atomic E-state index is 5.31. The van der Waals surface area contributed by atoms with Crippen molar-refractivity contribution in [2.75, 3.05) is 0 Å². The van der Waals surface area contributed by atoms with Gasteiger partial charge >= 0.3 is 0 Å². The summed E-state index contributed by atoms with van der Waals surface area (Å²) in [5, 5.41) is 0. The molecular weight excluding hydrogens is 108 g/mol. The van der Waals surface area contributed by atoms with E-state index in [1.165, 1.54) is 24.0 Å². The molecule has 0 heteroatoms. The van der Waals surface area contributed by atoms with Crippen LogP contribution in [0.4, 0.5) is 0 Å². The van der Waals surface area contributed by atoms with E-state index in [-0.39, 0.29) is 0 Å². The lowest BCUT2D eigenvalue weighted by atomic mass is 10.0. The van der Waals surface area contributed by atoms with Gasteiger partial charge in [0.2, 0.25) is 0 Å². The molecule has 1 saturated carbocycles. The average molecular weight is 120 g/mol. The summed E-state index contributed by atoms with van der Waals surface area (Å²) in [5.41, 5.74) is 2.75. The third-order valence-corrected chi connectivity index (χ3v) is 1.61. The zero-order valence-corrected chi connectivity index (χ0v) is 6.07. The molecule has 0 N–H and O–H groups in total. The van der Waals surface area contributed by atoms with Crippen molar-refractivity contribution in [3.63, 3.8) is 0 Å². The van der Waals surface area contributed by atoms with E-state index in [9.17, 15) is 0 Å². The fourth-order valence-electron chi connectivity index (χ4n) is 1.01. The molecular formula is C9H12. The summed E-state index contributed by atoms with van der Waals surface area (Å²) in [6.07, 6.45) is 7.80. The molecule has 0 bridgehead atoms. The first-order chi connectivity index (χ1) is 4.25. The Morgan fingerprint density at radius 3 is 2.22 bits per heavy atom. The highest BCUT2D eigenvalue weighted by Crippen LogP contribution is 2.34. The van der Waals surface area contributed by atoms with Gasteiger partial charge in [-0.1, -0.05) is 25.3 Å². The normalized spacial score (nSPS) is 15.6. The molecule has 9 heavy (non-hydrogen) atoms. The molecule has 0 aliphatic heterocycles. The molecule has 0 aromatic carbocycles. The lowest BCUT2D eigenvalue weighted by Gasteiger charge is -2.00. The standard InChI is InChI=1S/C9H12/c1-4-9(7(2)3)8-5-6-8/h1,7H,5-6H2,2-3H3. The van der Waals surface area contributed by atoms with Gasteiger partial charge in [0.05, 0.1) is 0 Å². The highest BCUT2D eigenvalue weighted by Gasteiger charge is 2.17. The van der Waals surface area contributed by atoms with E-state index in [1.807, 2.05) is 0 Å². The first-order valence-electron chi connectivity index (χ1n) is 3.44. The Hall–Kier alpha value is -0.700. The van der Waals surface area contributed by atoms with Gasteiger partial charge in [-0.15, -0.1) is 6.42 Å². The molecule has 0 aromatic heterocycles. The van der Waals surface area contributed by atoms with Crippen LogP contribution in [0.3, 0.4) is 0 Å². The first kappa shape index (κ1) is 6.42. The summed E-state index contributed by atoms with van der Waals surface area (Å²) in [6, 6.07) is 0. The summed E-state index contributed by atoms with van der Waals surface area (Å²) in [7, 11) is 0. The molecule has 0 saturated heterocycles. The Bertz CT molecular complexity index is 171. The van der Waals surface area contributed by atoms with Crippen LogP contribution in [0.1, 0.15) is 26.7 Å². The van der Waals surface area contributed by atoms with E-state index in [1.54, 1.807) is 0 Å². The SMILES string of the molecule is C#CC(=C1CC1)C(C)C. The van der Waals surface area contributed by atoms with E-state index in [0.717, 1.165) is 0 Å². The van der Waals surface area contributed by atoms with Gasteiger partial charge in [-0.2, -0.15) is 0 Å². The third kappa shape index (κ3) is 1.36. The number of rotatable bonds is 1. The Kier molecular flexibility index (Phi) is 1.62. The van der Waals surface area contributed by atoms with E-state index < -0.39 is 0 Å². The van der Waals surface area contributed by atoms with Crippen LogP contribution in [-0.2, 0) is 0 Å². The van der Waals surface area contributed by atoms with Crippen molar-refractivity contribution in [1.29, 1.82) is 0 Å². The zero-order valence-electron chi connectivity index (χ0n) is 6.07. The molecule has 0 nitrogen and oxygen atoms in total. The summed E-state index contributed by atoms with van der Waals surface area (Å²) >= 11 is 0. The van der Waals surface area contributed by atoms with Gasteiger partial charge in [0, 0.05) is 5.57 Å². The molecule has 0 atom stereocenters. The fourth-order valence-corrected chi connectivity index (χ4v) is 1.01. The Labute approximate surface area is 57.0 Å². The summed E-state index contributed by atoms with van der Waals surface area (Å²) in [5.74, 6) is 3.31. The van der Waals surface area contributed by atoms with Gasteiger partial charge < -0.3 is 0 Å². The van der Waals surface area contributed by atoms with Crippen LogP contribution < -0.4 is 0 Å². The van der Waals surface area contributed by atoms with Crippen molar-refractivity contribution in [2.24, 2.45) is 5.92 Å². The smallest absolute Gasteiger partial charge is 0.00353 e. The van der Waals surface area contributed by atoms with Crippen LogP contribution in [0.5, 0.6) is 0 Å². The molecule has 1 aliphatic rings. The summed E-state index contributed by atoms with van der Waals surface area (Å²) in [4.78, 5) is 0. The largest absolute Gasteiger partial charge is 0.115 e. The predicted octanol–water partition coefficient (Wildman–Crippen LogP) is 2.37. The van der Waals surface area contributed by atoms with Crippen molar-refractivity contribution in [2.45, 2.75) is 26.7 Å². The van der Waals surface area contributed by atoms with E-state index in [2.05, 4.69) is 19.8 Å². The fraction of sp³-hybridized carbons (Fsp3) is 0.556. The van der Waals surface area contributed by atoms with Crippen LogP contribution in [0, 0.1) is 18.3 Å². The van der Waals surface area contributed by atoms with Crippen molar-refractivity contribution in [1.82, 2.24) is 0 Å². The van der Waals surface area contributed by atoms with Crippen molar-refractivity contribution < 1.29 is 0 Å². The Balaban J connectivity index is 2.74. The maximum Gasteiger partial charge on any atom is 0.00353 e. The van der Waals surface area contributed by atoms with Crippen LogP contribution in [-0.4, -0.2) is 0 Å². The molecule has 0 aromatic rings. The maximum absolute atomic E-state index is 5.31. The minimum Gasteiger partial charge on any atom is -0.115 e. The third-order valence-electron chi connectivity index (χ3n) is 1.61. The second kappa shape index (κ2) is 2.27. The van der Waals surface area contributed by atoms with Gasteiger partial charge in [-0.3, -0.25) is 0 Å². The topological polar surface area (TPSA) is 0 Å². The van der Waals surface area contributed by atoms with Crippen LogP contribution in [0.2, 0.25) is 0 Å². The van der Waals surface area contributed by atoms with Crippen LogP contribution in [0.15, 0.2) is 11.1 Å². The van der Waals surface area contributed by atoms with Gasteiger partial charge in [0.25, 0.3) is 0 Å². The minimum absolute atomic E-state index is 0.562. The number of allylic oxidation sites excluding steroid dienone is 2. The predicted molar refractivity (Wildman–Crippen MR) is 39.9 cm³/mol. The number of hydrogen-bond acceptors (Lipinski definition) is 0. The second-order valence-corrected chi connectivity index (χ2v) is 2.82. The van der Waals surface area contributed by atoms with E-state index in [4.69, 9.17) is 6.42 Å². The molecule has 1 rings (SSSR count). The lowest BCUT2D eigenvalue weighted by molar-refractivity contribution is 0.795. The first-order valence-corrected chi connectivity index (χ1v) is 3.44. The van der Waals surface area contributed by atoms with Crippen LogP contribution >= 0.6 is 0 Å². The van der Waals surface area contributed by atoms with Crippen LogP contribution in [0.25, 0.3) is 0 Å². The average Bonchev–Trinajstić information content (AvgIpc) is 2.50. The van der Waals surface area contributed by atoms with E-state index in [0.29, 0.717) is 5.92 Å². The monoisotopic (exact) mass is 120 g/mol. The summed E-state index contributed by atoms with van der Waals surface area (Å²) in [6.45, 7) is 4.31.